The average Bonchev–Trinajstić information content (AvgIpc) is 3.18. The molecule has 0 radical (unpaired) electrons. The molecule has 1 N–H and O–H groups in total. The number of nitrogens with one attached hydrogen (secondary N) is 1. The van der Waals surface area contributed by atoms with E-state index in [2.05, 4.69) is 77.6 Å². The lowest BCUT2D eigenvalue weighted by atomic mass is 9.97. The topological polar surface area (TPSA) is 28.3 Å². The number of rotatable bonds is 8. The summed E-state index contributed by atoms with van der Waals surface area (Å²) in [5.41, 5.74) is 6.28. The number of nitrogens with zero attached hydrogens (tertiary/aromatic N) is 1. The zero-order valence-electron chi connectivity index (χ0n) is 17.9. The number of halogens is 1. The van der Waals surface area contributed by atoms with Crippen molar-refractivity contribution in [3.05, 3.63) is 71.9 Å². The molecule has 4 heteroatoms. The molecule has 0 spiro atoms. The first-order chi connectivity index (χ1) is 14.3. The number of H-pyrrole nitrogens is 1. The molecule has 30 heavy (non-hydrogen) atoms. The van der Waals surface area contributed by atoms with Crippen molar-refractivity contribution in [3.63, 3.8) is 0 Å². The Morgan fingerprint density at radius 3 is 2.77 bits per heavy atom. The summed E-state index contributed by atoms with van der Waals surface area (Å²) in [7, 11) is 1.71. The minimum absolute atomic E-state index is 0. The van der Waals surface area contributed by atoms with Gasteiger partial charge in [0.15, 0.2) is 0 Å². The third-order valence-corrected chi connectivity index (χ3v) is 5.73. The largest absolute Gasteiger partial charge is 0.497 e. The van der Waals surface area contributed by atoms with E-state index in [1.54, 1.807) is 7.11 Å². The SMILES string of the molecule is CCCCCCN1CC=C(/C=C/c2c[nH]c3ccc(OC)cc23)c2ccccc21.I. The molecule has 1 aliphatic heterocycles. The molecule has 0 amide bonds. The number of methoxy groups -OCH3 is 1. The van der Waals surface area contributed by atoms with Crippen LogP contribution in [0.2, 0.25) is 0 Å². The summed E-state index contributed by atoms with van der Waals surface area (Å²) in [4.78, 5) is 5.87. The number of hydrogen-bond acceptors (Lipinski definition) is 2. The zero-order chi connectivity index (χ0) is 20.1. The molecule has 0 saturated heterocycles. The highest BCUT2D eigenvalue weighted by Gasteiger charge is 2.16. The van der Waals surface area contributed by atoms with Gasteiger partial charge >= 0.3 is 0 Å². The number of hydrogen-bond donors (Lipinski definition) is 1. The predicted octanol–water partition coefficient (Wildman–Crippen LogP) is 7.29. The van der Waals surface area contributed by atoms with E-state index in [0.29, 0.717) is 0 Å². The number of ether oxygens (including phenoxy) is 1. The molecule has 0 fully saturated rings. The Kier molecular flexibility index (Phi) is 8.02. The molecule has 0 unspecified atom stereocenters. The number of benzene rings is 2. The van der Waals surface area contributed by atoms with Gasteiger partial charge < -0.3 is 14.6 Å². The number of para-hydroxylation sites is 1. The first-order valence-electron chi connectivity index (χ1n) is 10.7. The van der Waals surface area contributed by atoms with E-state index in [1.165, 1.54) is 53.5 Å². The second-order valence-corrected chi connectivity index (χ2v) is 7.67. The van der Waals surface area contributed by atoms with Crippen LogP contribution in [0.5, 0.6) is 5.75 Å². The summed E-state index contributed by atoms with van der Waals surface area (Å²) < 4.78 is 5.39. The van der Waals surface area contributed by atoms with Gasteiger partial charge in [-0.05, 0) is 41.8 Å². The van der Waals surface area contributed by atoms with Crippen molar-refractivity contribution >= 4 is 52.2 Å². The van der Waals surface area contributed by atoms with Gasteiger partial charge in [0.25, 0.3) is 0 Å². The van der Waals surface area contributed by atoms with E-state index in [4.69, 9.17) is 4.74 Å². The number of aromatic nitrogens is 1. The maximum atomic E-state index is 5.39. The standard InChI is InChI=1S/C26H30N2O.HI/c1-3-4-5-8-16-28-17-15-20(23-9-6-7-10-26(23)28)11-12-21-19-27-25-14-13-22(29-2)18-24(21)25;/h6-7,9-15,18-19,27H,3-5,8,16-17H2,1-2H3;1H/b12-11+;. The molecule has 1 aliphatic rings. The Hall–Kier alpha value is -2.21. The molecule has 2 aromatic carbocycles. The van der Waals surface area contributed by atoms with E-state index in [-0.39, 0.29) is 24.0 Å². The van der Waals surface area contributed by atoms with Crippen LogP contribution in [0.4, 0.5) is 5.69 Å². The molecule has 0 bridgehead atoms. The minimum Gasteiger partial charge on any atom is -0.497 e. The summed E-state index contributed by atoms with van der Waals surface area (Å²) in [6.45, 7) is 4.37. The maximum Gasteiger partial charge on any atom is 0.119 e. The van der Waals surface area contributed by atoms with Gasteiger partial charge in [-0.25, -0.2) is 0 Å². The normalized spacial score (nSPS) is 13.3. The van der Waals surface area contributed by atoms with Crippen LogP contribution in [0, 0.1) is 0 Å². The molecule has 158 valence electrons. The maximum absolute atomic E-state index is 5.39. The molecule has 2 heterocycles. The first-order valence-corrected chi connectivity index (χ1v) is 10.7. The Balaban J connectivity index is 0.00000256. The van der Waals surface area contributed by atoms with Crippen LogP contribution in [-0.4, -0.2) is 25.2 Å². The lowest BCUT2D eigenvalue weighted by molar-refractivity contribution is 0.415. The van der Waals surface area contributed by atoms with Crippen LogP contribution in [0.15, 0.2) is 60.8 Å². The molecule has 4 rings (SSSR count). The highest BCUT2D eigenvalue weighted by Crippen LogP contribution is 2.33. The van der Waals surface area contributed by atoms with E-state index in [0.717, 1.165) is 24.4 Å². The van der Waals surface area contributed by atoms with Gasteiger partial charge in [0.1, 0.15) is 5.75 Å². The van der Waals surface area contributed by atoms with Crippen LogP contribution in [0.3, 0.4) is 0 Å². The summed E-state index contributed by atoms with van der Waals surface area (Å²) in [6, 6.07) is 14.9. The fourth-order valence-electron chi connectivity index (χ4n) is 4.08. The quantitative estimate of drug-likeness (QED) is 0.253. The van der Waals surface area contributed by atoms with Crippen molar-refractivity contribution in [1.82, 2.24) is 4.98 Å². The van der Waals surface area contributed by atoms with Crippen LogP contribution in [0.1, 0.15) is 43.7 Å². The number of allylic oxidation sites excluding steroid dienone is 2. The highest BCUT2D eigenvalue weighted by molar-refractivity contribution is 14.0. The van der Waals surface area contributed by atoms with E-state index in [9.17, 15) is 0 Å². The molecule has 1 aromatic heterocycles. The number of anilines is 1. The third kappa shape index (κ3) is 4.91. The molecule has 3 aromatic rings. The van der Waals surface area contributed by atoms with E-state index in [1.807, 2.05) is 6.07 Å². The Morgan fingerprint density at radius 1 is 1.07 bits per heavy atom. The van der Waals surface area contributed by atoms with Gasteiger partial charge in [-0.1, -0.05) is 62.6 Å². The molecule has 0 aliphatic carbocycles. The summed E-state index contributed by atoms with van der Waals surface area (Å²) in [6.07, 6.45) is 14.1. The van der Waals surface area contributed by atoms with Crippen LogP contribution >= 0.6 is 24.0 Å². The van der Waals surface area contributed by atoms with Crippen molar-refractivity contribution in [2.24, 2.45) is 0 Å². The van der Waals surface area contributed by atoms with Crippen molar-refractivity contribution in [3.8, 4) is 5.75 Å². The molecular weight excluding hydrogens is 483 g/mol. The third-order valence-electron chi connectivity index (χ3n) is 5.73. The van der Waals surface area contributed by atoms with Gasteiger partial charge in [-0.15, -0.1) is 24.0 Å². The van der Waals surface area contributed by atoms with Gasteiger partial charge in [-0.2, -0.15) is 0 Å². The Morgan fingerprint density at radius 2 is 1.93 bits per heavy atom. The zero-order valence-corrected chi connectivity index (χ0v) is 20.2. The predicted molar refractivity (Wildman–Crippen MR) is 140 cm³/mol. The van der Waals surface area contributed by atoms with Gasteiger partial charge in [0, 0.05) is 41.4 Å². The van der Waals surface area contributed by atoms with Crippen LogP contribution in [0.25, 0.3) is 22.6 Å². The first kappa shape index (κ1) is 22.5. The smallest absolute Gasteiger partial charge is 0.119 e. The van der Waals surface area contributed by atoms with Crippen molar-refractivity contribution in [2.75, 3.05) is 25.1 Å². The Bertz CT molecular complexity index is 1030. The second-order valence-electron chi connectivity index (χ2n) is 7.67. The lowest BCUT2D eigenvalue weighted by Crippen LogP contribution is -2.28. The monoisotopic (exact) mass is 514 g/mol. The molecular formula is C26H31IN2O. The number of aromatic amines is 1. The van der Waals surface area contributed by atoms with Gasteiger partial charge in [0.05, 0.1) is 7.11 Å². The molecule has 3 nitrogen and oxygen atoms in total. The molecule has 0 saturated carbocycles. The van der Waals surface area contributed by atoms with Crippen molar-refractivity contribution in [2.45, 2.75) is 32.6 Å². The van der Waals surface area contributed by atoms with E-state index < -0.39 is 0 Å². The molecule has 0 atom stereocenters. The van der Waals surface area contributed by atoms with E-state index >= 15 is 0 Å². The second kappa shape index (κ2) is 10.7. The fourth-order valence-corrected chi connectivity index (χ4v) is 4.08. The van der Waals surface area contributed by atoms with Crippen molar-refractivity contribution in [1.29, 1.82) is 0 Å². The summed E-state index contributed by atoms with van der Waals surface area (Å²) in [5.74, 6) is 0.882. The van der Waals surface area contributed by atoms with Crippen LogP contribution < -0.4 is 9.64 Å². The average molecular weight is 514 g/mol. The van der Waals surface area contributed by atoms with Gasteiger partial charge in [-0.3, -0.25) is 0 Å². The number of fused-ring (bicyclic) bond motifs is 2. The number of unbranched alkanes of at least 4 members (excludes halogenated alkanes) is 3. The summed E-state index contributed by atoms with van der Waals surface area (Å²) in [5, 5.41) is 1.18. The van der Waals surface area contributed by atoms with Crippen molar-refractivity contribution < 1.29 is 4.74 Å². The lowest BCUT2D eigenvalue weighted by Gasteiger charge is -2.30. The van der Waals surface area contributed by atoms with Crippen LogP contribution in [-0.2, 0) is 0 Å². The summed E-state index contributed by atoms with van der Waals surface area (Å²) >= 11 is 0. The van der Waals surface area contributed by atoms with Gasteiger partial charge in [0.2, 0.25) is 0 Å². The fraction of sp³-hybridized carbons (Fsp3) is 0.308. The highest BCUT2D eigenvalue weighted by atomic mass is 127. The minimum atomic E-state index is 0. The Labute approximate surface area is 196 Å².